The number of aryl methyl sites for hydroxylation is 3. The average Bonchev–Trinajstić information content (AvgIpc) is 2.69. The maximum Gasteiger partial charge on any atom is 0.0607 e. The molecular weight excluding hydrogens is 228 g/mol. The molecule has 2 aromatic rings. The molecule has 3 heteroatoms. The Labute approximate surface area is 107 Å². The fraction of sp³-hybridized carbons (Fsp3) is 0.357. The lowest BCUT2D eigenvalue weighted by Crippen LogP contribution is -2.07. The number of anilines is 1. The minimum Gasteiger partial charge on any atom is -0.376 e. The number of hydrogen-bond acceptors (Lipinski definition) is 3. The standard InChI is InChI=1S/C14H18N2S/c1-9-5-7-13(11(3)15-9)16-12(4)14-8-6-10(2)17-14/h5-8,12,16H,1-4H3. The van der Waals surface area contributed by atoms with Gasteiger partial charge in [-0.1, -0.05) is 0 Å². The minimum atomic E-state index is 0.330. The SMILES string of the molecule is Cc1ccc(NC(C)c2ccc(C)s2)c(C)n1. The first-order valence-electron chi connectivity index (χ1n) is 5.83. The number of nitrogens with one attached hydrogen (secondary N) is 1. The predicted molar refractivity (Wildman–Crippen MR) is 74.8 cm³/mol. The van der Waals surface area contributed by atoms with Crippen LogP contribution in [0.3, 0.4) is 0 Å². The van der Waals surface area contributed by atoms with Gasteiger partial charge in [-0.2, -0.15) is 0 Å². The summed E-state index contributed by atoms with van der Waals surface area (Å²) in [6.45, 7) is 8.38. The fourth-order valence-corrected chi connectivity index (χ4v) is 2.71. The highest BCUT2D eigenvalue weighted by Crippen LogP contribution is 2.26. The number of rotatable bonds is 3. The molecule has 2 nitrogen and oxygen atoms in total. The highest BCUT2D eigenvalue weighted by Gasteiger charge is 2.09. The third-order valence-electron chi connectivity index (χ3n) is 2.78. The van der Waals surface area contributed by atoms with Gasteiger partial charge in [0.1, 0.15) is 0 Å². The molecule has 90 valence electrons. The van der Waals surface area contributed by atoms with Crippen LogP contribution in [0.5, 0.6) is 0 Å². The van der Waals surface area contributed by atoms with Crippen LogP contribution in [0.15, 0.2) is 24.3 Å². The maximum atomic E-state index is 4.47. The van der Waals surface area contributed by atoms with Crippen molar-refractivity contribution in [1.82, 2.24) is 4.98 Å². The van der Waals surface area contributed by atoms with Gasteiger partial charge in [-0.3, -0.25) is 4.98 Å². The monoisotopic (exact) mass is 246 g/mol. The molecule has 17 heavy (non-hydrogen) atoms. The Morgan fingerprint density at radius 1 is 1.12 bits per heavy atom. The van der Waals surface area contributed by atoms with Crippen LogP contribution in [0, 0.1) is 20.8 Å². The van der Waals surface area contributed by atoms with E-state index in [1.54, 1.807) is 0 Å². The Kier molecular flexibility index (Phi) is 3.48. The van der Waals surface area contributed by atoms with E-state index in [-0.39, 0.29) is 0 Å². The molecule has 0 spiro atoms. The highest BCUT2D eigenvalue weighted by molar-refractivity contribution is 7.12. The van der Waals surface area contributed by atoms with E-state index in [9.17, 15) is 0 Å². The molecule has 0 aliphatic carbocycles. The number of pyridine rings is 1. The smallest absolute Gasteiger partial charge is 0.0607 e. The van der Waals surface area contributed by atoms with Crippen molar-refractivity contribution in [3.8, 4) is 0 Å². The molecule has 2 heterocycles. The van der Waals surface area contributed by atoms with Gasteiger partial charge in [-0.25, -0.2) is 0 Å². The van der Waals surface area contributed by atoms with E-state index in [2.05, 4.69) is 42.3 Å². The first kappa shape index (κ1) is 12.1. The number of thiophene rings is 1. The molecule has 2 aromatic heterocycles. The van der Waals surface area contributed by atoms with E-state index in [0.717, 1.165) is 17.1 Å². The van der Waals surface area contributed by atoms with Crippen LogP contribution >= 0.6 is 11.3 Å². The van der Waals surface area contributed by atoms with Crippen LogP contribution in [-0.2, 0) is 0 Å². The Hall–Kier alpha value is -1.35. The minimum absolute atomic E-state index is 0.330. The Bertz CT molecular complexity index is 517. The molecule has 0 aromatic carbocycles. The van der Waals surface area contributed by atoms with Crippen LogP contribution in [-0.4, -0.2) is 4.98 Å². The van der Waals surface area contributed by atoms with E-state index < -0.39 is 0 Å². The molecule has 0 saturated carbocycles. The molecule has 0 bridgehead atoms. The molecule has 0 amide bonds. The molecule has 0 saturated heterocycles. The average molecular weight is 246 g/mol. The third kappa shape index (κ3) is 2.86. The first-order chi connectivity index (χ1) is 8.06. The van der Waals surface area contributed by atoms with Crippen LogP contribution in [0.2, 0.25) is 0 Å². The molecule has 1 atom stereocenters. The lowest BCUT2D eigenvalue weighted by Gasteiger charge is -2.15. The lowest BCUT2D eigenvalue weighted by molar-refractivity contribution is 0.900. The van der Waals surface area contributed by atoms with Gasteiger partial charge in [-0.05, 0) is 52.0 Å². The summed E-state index contributed by atoms with van der Waals surface area (Å²) in [7, 11) is 0. The molecule has 0 fully saturated rings. The van der Waals surface area contributed by atoms with Crippen molar-refractivity contribution in [2.45, 2.75) is 33.7 Å². The molecule has 0 aliphatic heterocycles. The highest BCUT2D eigenvalue weighted by atomic mass is 32.1. The van der Waals surface area contributed by atoms with Gasteiger partial charge in [0.15, 0.2) is 0 Å². The maximum absolute atomic E-state index is 4.47. The van der Waals surface area contributed by atoms with Crippen molar-refractivity contribution in [2.75, 3.05) is 5.32 Å². The van der Waals surface area contributed by atoms with Gasteiger partial charge in [0.25, 0.3) is 0 Å². The largest absolute Gasteiger partial charge is 0.376 e. The van der Waals surface area contributed by atoms with Crippen molar-refractivity contribution in [3.05, 3.63) is 45.4 Å². The van der Waals surface area contributed by atoms with E-state index in [0.29, 0.717) is 6.04 Å². The summed E-state index contributed by atoms with van der Waals surface area (Å²) in [6.07, 6.45) is 0. The second kappa shape index (κ2) is 4.88. The van der Waals surface area contributed by atoms with Gasteiger partial charge >= 0.3 is 0 Å². The summed E-state index contributed by atoms with van der Waals surface area (Å²) >= 11 is 1.84. The molecule has 1 N–H and O–H groups in total. The van der Waals surface area contributed by atoms with Gasteiger partial charge in [0, 0.05) is 15.4 Å². The molecule has 0 radical (unpaired) electrons. The van der Waals surface area contributed by atoms with Crippen LogP contribution in [0.1, 0.15) is 34.1 Å². The van der Waals surface area contributed by atoms with Gasteiger partial charge in [-0.15, -0.1) is 11.3 Å². The van der Waals surface area contributed by atoms with E-state index in [4.69, 9.17) is 0 Å². The van der Waals surface area contributed by atoms with Crippen molar-refractivity contribution < 1.29 is 0 Å². The zero-order chi connectivity index (χ0) is 12.4. The summed E-state index contributed by atoms with van der Waals surface area (Å²) in [5, 5.41) is 3.51. The second-order valence-corrected chi connectivity index (χ2v) is 5.72. The first-order valence-corrected chi connectivity index (χ1v) is 6.65. The van der Waals surface area contributed by atoms with Crippen molar-refractivity contribution in [1.29, 1.82) is 0 Å². The summed E-state index contributed by atoms with van der Waals surface area (Å²) in [5.41, 5.74) is 3.24. The Morgan fingerprint density at radius 3 is 2.47 bits per heavy atom. The zero-order valence-electron chi connectivity index (χ0n) is 10.7. The number of hydrogen-bond donors (Lipinski definition) is 1. The Morgan fingerprint density at radius 2 is 1.88 bits per heavy atom. The van der Waals surface area contributed by atoms with Crippen LogP contribution in [0.25, 0.3) is 0 Å². The van der Waals surface area contributed by atoms with Crippen LogP contribution < -0.4 is 5.32 Å². The third-order valence-corrected chi connectivity index (χ3v) is 3.97. The Balaban J connectivity index is 2.15. The summed E-state index contributed by atoms with van der Waals surface area (Å²) in [4.78, 5) is 7.18. The normalized spacial score (nSPS) is 12.5. The summed E-state index contributed by atoms with van der Waals surface area (Å²) in [5.74, 6) is 0. The summed E-state index contributed by atoms with van der Waals surface area (Å²) in [6, 6.07) is 8.83. The zero-order valence-corrected chi connectivity index (χ0v) is 11.6. The molecule has 2 rings (SSSR count). The number of nitrogens with zero attached hydrogens (tertiary/aromatic N) is 1. The quantitative estimate of drug-likeness (QED) is 0.876. The van der Waals surface area contributed by atoms with Gasteiger partial charge in [0.2, 0.25) is 0 Å². The van der Waals surface area contributed by atoms with Gasteiger partial charge < -0.3 is 5.32 Å². The second-order valence-electron chi connectivity index (χ2n) is 4.40. The van der Waals surface area contributed by atoms with E-state index >= 15 is 0 Å². The topological polar surface area (TPSA) is 24.9 Å². The van der Waals surface area contributed by atoms with Crippen molar-refractivity contribution in [2.24, 2.45) is 0 Å². The molecule has 1 unspecified atom stereocenters. The van der Waals surface area contributed by atoms with Gasteiger partial charge in [0.05, 0.1) is 17.4 Å². The van der Waals surface area contributed by atoms with Crippen molar-refractivity contribution >= 4 is 17.0 Å². The molecular formula is C14H18N2S. The lowest BCUT2D eigenvalue weighted by atomic mass is 10.2. The summed E-state index contributed by atoms with van der Waals surface area (Å²) < 4.78 is 0. The van der Waals surface area contributed by atoms with E-state index in [1.165, 1.54) is 9.75 Å². The predicted octanol–water partition coefficient (Wildman–Crippen LogP) is 4.24. The fourth-order valence-electron chi connectivity index (χ4n) is 1.83. The molecule has 0 aliphatic rings. The van der Waals surface area contributed by atoms with E-state index in [1.807, 2.05) is 31.3 Å². The van der Waals surface area contributed by atoms with Crippen molar-refractivity contribution in [3.63, 3.8) is 0 Å². The van der Waals surface area contributed by atoms with Crippen LogP contribution in [0.4, 0.5) is 5.69 Å². The number of aromatic nitrogens is 1.